The first-order valence-corrected chi connectivity index (χ1v) is 10.4. The number of carbonyl (C=O) groups excluding carboxylic acids is 2. The number of nitrogens with zero attached hydrogens (tertiary/aromatic N) is 3. The lowest BCUT2D eigenvalue weighted by Gasteiger charge is -2.42. The zero-order valence-electron chi connectivity index (χ0n) is 17.1. The molecule has 1 N–H and O–H groups in total. The fourth-order valence-corrected chi connectivity index (χ4v) is 4.31. The Morgan fingerprint density at radius 2 is 2.03 bits per heavy atom. The van der Waals surface area contributed by atoms with Gasteiger partial charge in [0, 0.05) is 44.9 Å². The smallest absolute Gasteiger partial charge is 0.253 e. The highest BCUT2D eigenvalue weighted by molar-refractivity contribution is 5.94. The molecule has 0 spiro atoms. The van der Waals surface area contributed by atoms with Crippen molar-refractivity contribution in [3.63, 3.8) is 0 Å². The Bertz CT molecular complexity index is 753. The van der Waals surface area contributed by atoms with E-state index < -0.39 is 0 Å². The van der Waals surface area contributed by atoms with Gasteiger partial charge >= 0.3 is 0 Å². The Labute approximate surface area is 172 Å². The first kappa shape index (κ1) is 21.3. The Balaban J connectivity index is 1.50. The number of carbonyl (C=O) groups is 2. The van der Waals surface area contributed by atoms with Crippen LogP contribution in [0.4, 0.5) is 0 Å². The van der Waals surface area contributed by atoms with Crippen LogP contribution in [0.2, 0.25) is 0 Å². The molecule has 0 radical (unpaired) electrons. The van der Waals surface area contributed by atoms with Crippen LogP contribution in [0.1, 0.15) is 41.6 Å². The average molecular weight is 399 g/mol. The van der Waals surface area contributed by atoms with E-state index in [0.717, 1.165) is 38.8 Å². The highest BCUT2D eigenvalue weighted by Crippen LogP contribution is 2.25. The maximum absolute atomic E-state index is 12.8. The summed E-state index contributed by atoms with van der Waals surface area (Å²) < 4.78 is 5.00. The van der Waals surface area contributed by atoms with Gasteiger partial charge in [-0.1, -0.05) is 6.07 Å². The van der Waals surface area contributed by atoms with Crippen LogP contribution in [0.15, 0.2) is 24.3 Å². The molecule has 2 amide bonds. The predicted molar refractivity (Wildman–Crippen MR) is 109 cm³/mol. The second-order valence-corrected chi connectivity index (χ2v) is 7.83. The minimum atomic E-state index is -0.00501. The molecule has 2 saturated heterocycles. The van der Waals surface area contributed by atoms with Gasteiger partial charge < -0.3 is 15.0 Å². The second-order valence-electron chi connectivity index (χ2n) is 7.83. The van der Waals surface area contributed by atoms with Gasteiger partial charge in [0.25, 0.3) is 5.91 Å². The van der Waals surface area contributed by atoms with Crippen LogP contribution < -0.4 is 5.32 Å². The molecule has 1 aromatic rings. The van der Waals surface area contributed by atoms with Gasteiger partial charge in [-0.15, -0.1) is 0 Å². The Morgan fingerprint density at radius 3 is 2.76 bits per heavy atom. The van der Waals surface area contributed by atoms with Crippen molar-refractivity contribution in [2.75, 3.05) is 46.4 Å². The van der Waals surface area contributed by atoms with E-state index in [1.54, 1.807) is 31.4 Å². The quantitative estimate of drug-likeness (QED) is 0.737. The highest BCUT2D eigenvalue weighted by atomic mass is 16.5. The molecule has 0 aliphatic carbocycles. The SMILES string of the molecule is COCCNC(=O)[C@@H]1CCCN(C2CCN(C(=O)c3cccc(C#N)c3)CC2)C1. The first-order valence-electron chi connectivity index (χ1n) is 10.4. The first-order chi connectivity index (χ1) is 14.1. The van der Waals surface area contributed by atoms with Crippen molar-refractivity contribution in [3.05, 3.63) is 35.4 Å². The topological polar surface area (TPSA) is 85.7 Å². The predicted octanol–water partition coefficient (Wildman–Crippen LogP) is 1.64. The molecular weight excluding hydrogens is 368 g/mol. The van der Waals surface area contributed by atoms with Crippen molar-refractivity contribution in [1.82, 2.24) is 15.1 Å². The second kappa shape index (κ2) is 10.4. The number of likely N-dealkylation sites (tertiary alicyclic amines) is 2. The van der Waals surface area contributed by atoms with Gasteiger partial charge in [-0.3, -0.25) is 14.5 Å². The maximum atomic E-state index is 12.8. The molecule has 1 atom stereocenters. The van der Waals surface area contributed by atoms with E-state index in [4.69, 9.17) is 10.00 Å². The van der Waals surface area contributed by atoms with Crippen LogP contribution in [-0.4, -0.2) is 74.1 Å². The molecule has 29 heavy (non-hydrogen) atoms. The van der Waals surface area contributed by atoms with Crippen molar-refractivity contribution in [1.29, 1.82) is 5.26 Å². The lowest BCUT2D eigenvalue weighted by molar-refractivity contribution is -0.127. The number of benzene rings is 1. The van der Waals surface area contributed by atoms with Gasteiger partial charge in [0.15, 0.2) is 0 Å². The fourth-order valence-electron chi connectivity index (χ4n) is 4.31. The van der Waals surface area contributed by atoms with E-state index >= 15 is 0 Å². The molecule has 0 unspecified atom stereocenters. The van der Waals surface area contributed by atoms with Crippen LogP contribution in [0.5, 0.6) is 0 Å². The summed E-state index contributed by atoms with van der Waals surface area (Å²) in [7, 11) is 1.63. The molecule has 2 aliphatic heterocycles. The molecule has 0 saturated carbocycles. The van der Waals surface area contributed by atoms with Gasteiger partial charge in [-0.05, 0) is 50.4 Å². The minimum Gasteiger partial charge on any atom is -0.383 e. The van der Waals surface area contributed by atoms with Crippen molar-refractivity contribution in [2.24, 2.45) is 5.92 Å². The maximum Gasteiger partial charge on any atom is 0.253 e. The summed E-state index contributed by atoms with van der Waals surface area (Å²) in [4.78, 5) is 29.5. The van der Waals surface area contributed by atoms with E-state index in [1.165, 1.54) is 0 Å². The summed E-state index contributed by atoms with van der Waals surface area (Å²) in [5, 5.41) is 12.0. The number of ether oxygens (including phenoxy) is 1. The summed E-state index contributed by atoms with van der Waals surface area (Å²) in [5.74, 6) is 0.153. The Hall–Kier alpha value is -2.43. The highest BCUT2D eigenvalue weighted by Gasteiger charge is 2.32. The number of hydrogen-bond donors (Lipinski definition) is 1. The molecule has 2 heterocycles. The molecule has 0 aromatic heterocycles. The van der Waals surface area contributed by atoms with Crippen LogP contribution >= 0.6 is 0 Å². The largest absolute Gasteiger partial charge is 0.383 e. The zero-order valence-corrected chi connectivity index (χ0v) is 17.1. The van der Waals surface area contributed by atoms with Gasteiger partial charge in [0.2, 0.25) is 5.91 Å². The molecule has 1 aromatic carbocycles. The minimum absolute atomic E-state index is 0.00501. The Morgan fingerprint density at radius 1 is 1.24 bits per heavy atom. The molecule has 156 valence electrons. The van der Waals surface area contributed by atoms with Crippen LogP contribution in [0, 0.1) is 17.2 Å². The lowest BCUT2D eigenvalue weighted by Crippen LogP contribution is -2.51. The third-order valence-corrected chi connectivity index (χ3v) is 5.94. The monoisotopic (exact) mass is 398 g/mol. The van der Waals surface area contributed by atoms with E-state index in [0.29, 0.717) is 43.4 Å². The van der Waals surface area contributed by atoms with Crippen LogP contribution in [0.3, 0.4) is 0 Å². The number of rotatable bonds is 6. The number of methoxy groups -OCH3 is 1. The third kappa shape index (κ3) is 5.55. The van der Waals surface area contributed by atoms with E-state index in [2.05, 4.69) is 16.3 Å². The molecule has 2 aliphatic rings. The number of nitriles is 1. The van der Waals surface area contributed by atoms with Crippen LogP contribution in [-0.2, 0) is 9.53 Å². The molecule has 7 nitrogen and oxygen atoms in total. The van der Waals surface area contributed by atoms with Gasteiger partial charge in [0.05, 0.1) is 24.2 Å². The summed E-state index contributed by atoms with van der Waals surface area (Å²) in [6, 6.07) is 9.40. The molecule has 0 bridgehead atoms. The van der Waals surface area contributed by atoms with Crippen molar-refractivity contribution in [3.8, 4) is 6.07 Å². The van der Waals surface area contributed by atoms with E-state index in [-0.39, 0.29) is 17.7 Å². The standard InChI is InChI=1S/C22H30N4O3/c1-29-13-9-24-21(27)19-6-3-10-26(16-19)20-7-11-25(12-8-20)22(28)18-5-2-4-17(14-18)15-23/h2,4-5,14,19-20H,3,6-13,16H2,1H3,(H,24,27)/t19-/m1/s1. The zero-order chi connectivity index (χ0) is 20.6. The van der Waals surface area contributed by atoms with Crippen molar-refractivity contribution in [2.45, 2.75) is 31.7 Å². The molecule has 7 heteroatoms. The summed E-state index contributed by atoms with van der Waals surface area (Å²) >= 11 is 0. The number of hydrogen-bond acceptors (Lipinski definition) is 5. The number of amides is 2. The average Bonchev–Trinajstić information content (AvgIpc) is 2.79. The van der Waals surface area contributed by atoms with Crippen molar-refractivity contribution < 1.29 is 14.3 Å². The molecule has 3 rings (SSSR count). The fraction of sp³-hybridized carbons (Fsp3) is 0.591. The number of piperidine rings is 2. The van der Waals surface area contributed by atoms with Gasteiger partial charge in [-0.2, -0.15) is 5.26 Å². The van der Waals surface area contributed by atoms with Crippen molar-refractivity contribution >= 4 is 11.8 Å². The van der Waals surface area contributed by atoms with Crippen LogP contribution in [0.25, 0.3) is 0 Å². The van der Waals surface area contributed by atoms with E-state index in [9.17, 15) is 9.59 Å². The Kier molecular flexibility index (Phi) is 7.62. The summed E-state index contributed by atoms with van der Waals surface area (Å²) in [5.41, 5.74) is 1.09. The van der Waals surface area contributed by atoms with E-state index in [1.807, 2.05) is 4.90 Å². The van der Waals surface area contributed by atoms with Gasteiger partial charge in [-0.25, -0.2) is 0 Å². The normalized spacial score (nSPS) is 20.8. The van der Waals surface area contributed by atoms with Gasteiger partial charge in [0.1, 0.15) is 0 Å². The number of nitrogens with one attached hydrogen (secondary N) is 1. The summed E-state index contributed by atoms with van der Waals surface area (Å²) in [6.45, 7) is 4.32. The molecular formula is C22H30N4O3. The third-order valence-electron chi connectivity index (χ3n) is 5.94. The molecule has 2 fully saturated rings. The summed E-state index contributed by atoms with van der Waals surface area (Å²) in [6.07, 6.45) is 3.80. The lowest BCUT2D eigenvalue weighted by atomic mass is 9.93.